The normalized spacial score (nSPS) is 16.2. The molecule has 1 aliphatic rings. The molecule has 0 spiro atoms. The Bertz CT molecular complexity index is 255. The molecule has 2 amide bonds. The first kappa shape index (κ1) is 16.2. The van der Waals surface area contributed by atoms with E-state index >= 15 is 0 Å². The molecule has 0 aliphatic carbocycles. The Morgan fingerprint density at radius 1 is 1.29 bits per heavy atom. The zero-order valence-corrected chi connectivity index (χ0v) is 11.3. The fourth-order valence-electron chi connectivity index (χ4n) is 1.81. The monoisotopic (exact) mass is 263 g/mol. The summed E-state index contributed by atoms with van der Waals surface area (Å²) in [6, 6.07) is 0. The van der Waals surface area contributed by atoms with Crippen molar-refractivity contribution in [3.05, 3.63) is 0 Å². The van der Waals surface area contributed by atoms with Crippen molar-refractivity contribution in [1.82, 2.24) is 15.5 Å². The van der Waals surface area contributed by atoms with Crippen LogP contribution >= 0.6 is 12.4 Å². The first-order valence-corrected chi connectivity index (χ1v) is 5.85. The van der Waals surface area contributed by atoms with Gasteiger partial charge in [0.25, 0.3) is 0 Å². The van der Waals surface area contributed by atoms with Crippen molar-refractivity contribution in [2.24, 2.45) is 5.92 Å². The highest BCUT2D eigenvalue weighted by Crippen LogP contribution is 2.06. The largest absolute Gasteiger partial charge is 0.347 e. The molecule has 6 heteroatoms. The van der Waals surface area contributed by atoms with Crippen LogP contribution in [-0.4, -0.2) is 49.9 Å². The van der Waals surface area contributed by atoms with E-state index in [1.807, 2.05) is 11.8 Å². The van der Waals surface area contributed by atoms with Gasteiger partial charge in [0.1, 0.15) is 0 Å². The number of hydrogen-bond donors (Lipinski definition) is 2. The Morgan fingerprint density at radius 3 is 2.41 bits per heavy atom. The fourth-order valence-corrected chi connectivity index (χ4v) is 1.81. The summed E-state index contributed by atoms with van der Waals surface area (Å²) in [6.07, 6.45) is 2.16. The smallest absolute Gasteiger partial charge is 0.241 e. The third-order valence-corrected chi connectivity index (χ3v) is 2.83. The summed E-state index contributed by atoms with van der Waals surface area (Å²) in [5.74, 6) is -0.138. The number of likely N-dealkylation sites (tertiary alicyclic amines) is 1. The Hall–Kier alpha value is -0.810. The summed E-state index contributed by atoms with van der Waals surface area (Å²) in [6.45, 7) is 4.27. The van der Waals surface area contributed by atoms with Crippen LogP contribution in [0.1, 0.15) is 19.8 Å². The second kappa shape index (κ2) is 8.31. The molecule has 5 nitrogen and oxygen atoms in total. The van der Waals surface area contributed by atoms with Crippen LogP contribution in [0.15, 0.2) is 0 Å². The minimum Gasteiger partial charge on any atom is -0.347 e. The van der Waals surface area contributed by atoms with Crippen LogP contribution in [0, 0.1) is 5.92 Å². The number of nitrogens with one attached hydrogen (secondary N) is 2. The lowest BCUT2D eigenvalue weighted by Gasteiger charge is -2.16. The van der Waals surface area contributed by atoms with E-state index in [2.05, 4.69) is 10.6 Å². The van der Waals surface area contributed by atoms with Crippen molar-refractivity contribution in [2.75, 3.05) is 33.2 Å². The van der Waals surface area contributed by atoms with E-state index in [-0.39, 0.29) is 36.7 Å². The van der Waals surface area contributed by atoms with Gasteiger partial charge in [0.05, 0.1) is 6.54 Å². The first-order valence-electron chi connectivity index (χ1n) is 5.85. The minimum absolute atomic E-state index is 0. The highest BCUT2D eigenvalue weighted by Gasteiger charge is 2.19. The van der Waals surface area contributed by atoms with Crippen molar-refractivity contribution in [2.45, 2.75) is 19.8 Å². The maximum atomic E-state index is 11.6. The predicted molar refractivity (Wildman–Crippen MR) is 69.2 cm³/mol. The van der Waals surface area contributed by atoms with E-state index in [1.54, 1.807) is 7.05 Å². The van der Waals surface area contributed by atoms with Crippen molar-refractivity contribution >= 4 is 24.2 Å². The topological polar surface area (TPSA) is 61.4 Å². The molecule has 1 unspecified atom stereocenters. The van der Waals surface area contributed by atoms with Gasteiger partial charge in [-0.1, -0.05) is 6.92 Å². The minimum atomic E-state index is -0.101. The average molecular weight is 264 g/mol. The Labute approximate surface area is 109 Å². The third-order valence-electron chi connectivity index (χ3n) is 2.83. The Morgan fingerprint density at radius 2 is 1.88 bits per heavy atom. The van der Waals surface area contributed by atoms with Crippen LogP contribution in [0.5, 0.6) is 0 Å². The summed E-state index contributed by atoms with van der Waals surface area (Å²) in [7, 11) is 1.80. The number of amides is 2. The number of carbonyl (C=O) groups is 2. The van der Waals surface area contributed by atoms with E-state index < -0.39 is 0 Å². The summed E-state index contributed by atoms with van der Waals surface area (Å²) in [4.78, 5) is 25.0. The number of halogens is 1. The molecule has 1 aliphatic heterocycles. The molecule has 0 saturated carbocycles. The zero-order valence-electron chi connectivity index (χ0n) is 10.5. The second-order valence-corrected chi connectivity index (χ2v) is 4.26. The van der Waals surface area contributed by atoms with Gasteiger partial charge in [-0.2, -0.15) is 0 Å². The van der Waals surface area contributed by atoms with Gasteiger partial charge in [0.2, 0.25) is 11.8 Å². The average Bonchev–Trinajstić information content (AvgIpc) is 2.79. The molecule has 17 heavy (non-hydrogen) atoms. The molecule has 100 valence electrons. The van der Waals surface area contributed by atoms with E-state index in [4.69, 9.17) is 0 Å². The van der Waals surface area contributed by atoms with Crippen molar-refractivity contribution in [3.8, 4) is 0 Å². The lowest BCUT2D eigenvalue weighted by molar-refractivity contribution is -0.132. The van der Waals surface area contributed by atoms with Crippen LogP contribution in [0.2, 0.25) is 0 Å². The van der Waals surface area contributed by atoms with E-state index in [9.17, 15) is 9.59 Å². The summed E-state index contributed by atoms with van der Waals surface area (Å²) in [5, 5.41) is 5.61. The van der Waals surface area contributed by atoms with Crippen LogP contribution in [0.3, 0.4) is 0 Å². The van der Waals surface area contributed by atoms with Gasteiger partial charge >= 0.3 is 0 Å². The van der Waals surface area contributed by atoms with Crippen LogP contribution in [-0.2, 0) is 9.59 Å². The molecule has 1 saturated heterocycles. The lowest BCUT2D eigenvalue weighted by Crippen LogP contribution is -2.41. The molecule has 1 fully saturated rings. The molecular formula is C11H22ClN3O2. The fraction of sp³-hybridized carbons (Fsp3) is 0.818. The van der Waals surface area contributed by atoms with Crippen molar-refractivity contribution in [1.29, 1.82) is 0 Å². The number of rotatable bonds is 5. The molecule has 0 aromatic heterocycles. The van der Waals surface area contributed by atoms with E-state index in [0.29, 0.717) is 6.54 Å². The van der Waals surface area contributed by atoms with Gasteiger partial charge in [0, 0.05) is 25.6 Å². The maximum absolute atomic E-state index is 11.6. The third kappa shape index (κ3) is 5.37. The molecule has 1 heterocycles. The van der Waals surface area contributed by atoms with Gasteiger partial charge < -0.3 is 15.5 Å². The standard InChI is InChI=1S/C11H21N3O2.ClH/c1-9(7-12-2)11(16)13-8-10(15)14-5-3-4-6-14;/h9,12H,3-8H2,1-2H3,(H,13,16);1H. The van der Waals surface area contributed by atoms with Crippen LogP contribution in [0.25, 0.3) is 0 Å². The molecule has 0 bridgehead atoms. The molecule has 0 radical (unpaired) electrons. The lowest BCUT2D eigenvalue weighted by atomic mass is 10.1. The quantitative estimate of drug-likeness (QED) is 0.734. The Kier molecular flexibility index (Phi) is 7.91. The van der Waals surface area contributed by atoms with Crippen molar-refractivity contribution in [3.63, 3.8) is 0 Å². The van der Waals surface area contributed by atoms with E-state index in [1.165, 1.54) is 0 Å². The van der Waals surface area contributed by atoms with Crippen molar-refractivity contribution < 1.29 is 9.59 Å². The van der Waals surface area contributed by atoms with Gasteiger partial charge in [-0.3, -0.25) is 9.59 Å². The predicted octanol–water partition coefficient (Wildman–Crippen LogP) is 0.00230. The molecule has 1 atom stereocenters. The van der Waals surface area contributed by atoms with Gasteiger partial charge in [-0.25, -0.2) is 0 Å². The van der Waals surface area contributed by atoms with Gasteiger partial charge in [-0.05, 0) is 19.9 Å². The molecule has 2 N–H and O–H groups in total. The summed E-state index contributed by atoms with van der Waals surface area (Å²) >= 11 is 0. The van der Waals surface area contributed by atoms with Gasteiger partial charge in [0.15, 0.2) is 0 Å². The van der Waals surface area contributed by atoms with Gasteiger partial charge in [-0.15, -0.1) is 12.4 Å². The van der Waals surface area contributed by atoms with E-state index in [0.717, 1.165) is 25.9 Å². The molecule has 0 aromatic rings. The SMILES string of the molecule is CNCC(C)C(=O)NCC(=O)N1CCCC1.Cl. The Balaban J connectivity index is 0.00000256. The molecular weight excluding hydrogens is 242 g/mol. The number of nitrogens with zero attached hydrogens (tertiary/aromatic N) is 1. The zero-order chi connectivity index (χ0) is 12.0. The summed E-state index contributed by atoms with van der Waals surface area (Å²) in [5.41, 5.74) is 0. The molecule has 1 rings (SSSR count). The first-order chi connectivity index (χ1) is 7.65. The number of hydrogen-bond acceptors (Lipinski definition) is 3. The number of carbonyl (C=O) groups excluding carboxylic acids is 2. The van der Waals surface area contributed by atoms with Crippen LogP contribution < -0.4 is 10.6 Å². The maximum Gasteiger partial charge on any atom is 0.241 e. The van der Waals surface area contributed by atoms with Crippen LogP contribution in [0.4, 0.5) is 0 Å². The highest BCUT2D eigenvalue weighted by atomic mass is 35.5. The second-order valence-electron chi connectivity index (χ2n) is 4.26. The summed E-state index contributed by atoms with van der Waals surface area (Å²) < 4.78 is 0. The highest BCUT2D eigenvalue weighted by molar-refractivity contribution is 5.86. The molecule has 0 aromatic carbocycles.